The first-order valence-electron chi connectivity index (χ1n) is 28.9. The van der Waals surface area contributed by atoms with Gasteiger partial charge in [-0.3, -0.25) is 14.4 Å². The first kappa shape index (κ1) is 64.8. The van der Waals surface area contributed by atoms with Gasteiger partial charge >= 0.3 is 17.9 Å². The van der Waals surface area contributed by atoms with E-state index in [1.54, 1.807) is 0 Å². The summed E-state index contributed by atoms with van der Waals surface area (Å²) in [5.74, 6) is -0.930. The van der Waals surface area contributed by atoms with E-state index in [1.165, 1.54) is 154 Å². The molecule has 0 amide bonds. The molecule has 1 unspecified atom stereocenters. The summed E-state index contributed by atoms with van der Waals surface area (Å²) in [4.78, 5) is 37.9. The summed E-state index contributed by atoms with van der Waals surface area (Å²) in [6.07, 6.45) is 72.1. The van der Waals surface area contributed by atoms with Crippen LogP contribution in [0.5, 0.6) is 0 Å². The van der Waals surface area contributed by atoms with E-state index in [4.69, 9.17) is 14.2 Å². The van der Waals surface area contributed by atoms with Crippen molar-refractivity contribution >= 4 is 17.9 Å². The molecule has 392 valence electrons. The molecule has 0 aromatic carbocycles. The largest absolute Gasteiger partial charge is 0.462 e. The maximum atomic E-state index is 12.8. The van der Waals surface area contributed by atoms with Gasteiger partial charge < -0.3 is 14.2 Å². The lowest BCUT2D eigenvalue weighted by Crippen LogP contribution is -2.30. The standard InChI is InChI=1S/C62H108O6/c1-4-7-10-13-16-19-21-23-25-26-27-28-29-30-31-32-33-34-35-36-38-39-41-43-46-49-52-55-61(64)67-58-59(57-66-60(63)54-51-48-45-18-15-12-9-6-3)68-62(65)56-53-50-47-44-42-40-37-24-22-20-17-14-11-8-5-2/h8,11,17,20-21,23-24,26-27,37,42,44,59H,4-7,9-10,12-16,18-19,22,25,28-36,38-41,43,45-58H2,1-3H3/b11-8-,20-17-,23-21-,27-26-,37-24-,44-42-. The number of esters is 3. The third-order valence-electron chi connectivity index (χ3n) is 12.4. The molecular weight excluding hydrogens is 841 g/mol. The van der Waals surface area contributed by atoms with Gasteiger partial charge in [-0.15, -0.1) is 0 Å². The smallest absolute Gasteiger partial charge is 0.306 e. The topological polar surface area (TPSA) is 78.9 Å². The molecule has 0 fully saturated rings. The fourth-order valence-electron chi connectivity index (χ4n) is 8.11. The van der Waals surface area contributed by atoms with Crippen LogP contribution in [0.2, 0.25) is 0 Å². The van der Waals surface area contributed by atoms with Crippen molar-refractivity contribution in [1.82, 2.24) is 0 Å². The van der Waals surface area contributed by atoms with Crippen LogP contribution in [-0.4, -0.2) is 37.2 Å². The highest BCUT2D eigenvalue weighted by molar-refractivity contribution is 5.71. The third-order valence-corrected chi connectivity index (χ3v) is 12.4. The summed E-state index contributed by atoms with van der Waals surface area (Å²) in [5, 5.41) is 0. The van der Waals surface area contributed by atoms with Crippen LogP contribution in [0.4, 0.5) is 0 Å². The van der Waals surface area contributed by atoms with E-state index in [-0.39, 0.29) is 37.5 Å². The molecule has 0 aliphatic carbocycles. The molecule has 68 heavy (non-hydrogen) atoms. The maximum Gasteiger partial charge on any atom is 0.306 e. The molecule has 0 spiro atoms. The fourth-order valence-corrected chi connectivity index (χ4v) is 8.11. The van der Waals surface area contributed by atoms with Gasteiger partial charge in [0.2, 0.25) is 0 Å². The van der Waals surface area contributed by atoms with Crippen LogP contribution < -0.4 is 0 Å². The average molecular weight is 950 g/mol. The summed E-state index contributed by atoms with van der Waals surface area (Å²) in [6.45, 7) is 6.46. The number of carbonyl (C=O) groups is 3. The van der Waals surface area contributed by atoms with Gasteiger partial charge in [0.15, 0.2) is 6.10 Å². The van der Waals surface area contributed by atoms with Gasteiger partial charge in [-0.25, -0.2) is 0 Å². The second-order valence-corrected chi connectivity index (χ2v) is 19.2. The summed E-state index contributed by atoms with van der Waals surface area (Å²) >= 11 is 0. The van der Waals surface area contributed by atoms with Gasteiger partial charge in [-0.2, -0.15) is 0 Å². The molecule has 0 heterocycles. The van der Waals surface area contributed by atoms with E-state index in [9.17, 15) is 14.4 Å². The Balaban J connectivity index is 4.16. The van der Waals surface area contributed by atoms with Gasteiger partial charge in [0, 0.05) is 19.3 Å². The Hall–Kier alpha value is -3.15. The summed E-state index contributed by atoms with van der Waals surface area (Å²) < 4.78 is 16.8. The Bertz CT molecular complexity index is 1270. The van der Waals surface area contributed by atoms with Crippen LogP contribution in [0.1, 0.15) is 284 Å². The zero-order valence-electron chi connectivity index (χ0n) is 44.9. The number of ether oxygens (including phenoxy) is 3. The Morgan fingerprint density at radius 2 is 0.574 bits per heavy atom. The van der Waals surface area contributed by atoms with Crippen molar-refractivity contribution in [3.63, 3.8) is 0 Å². The Labute approximate surface area is 421 Å². The Morgan fingerprint density at radius 1 is 0.309 bits per heavy atom. The lowest BCUT2D eigenvalue weighted by atomic mass is 10.0. The van der Waals surface area contributed by atoms with E-state index in [0.717, 1.165) is 83.5 Å². The van der Waals surface area contributed by atoms with Crippen molar-refractivity contribution in [3.05, 3.63) is 72.9 Å². The lowest BCUT2D eigenvalue weighted by Gasteiger charge is -2.18. The molecule has 6 heteroatoms. The molecule has 0 N–H and O–H groups in total. The molecule has 6 nitrogen and oxygen atoms in total. The van der Waals surface area contributed by atoms with Gasteiger partial charge in [-0.1, -0.05) is 248 Å². The predicted molar refractivity (Wildman–Crippen MR) is 293 cm³/mol. The normalized spacial score (nSPS) is 12.6. The van der Waals surface area contributed by atoms with Crippen LogP contribution in [0.25, 0.3) is 0 Å². The van der Waals surface area contributed by atoms with Gasteiger partial charge in [0.25, 0.3) is 0 Å². The van der Waals surface area contributed by atoms with Crippen LogP contribution in [-0.2, 0) is 28.6 Å². The molecule has 0 aromatic rings. The molecular formula is C62H108O6. The molecule has 0 aromatic heterocycles. The van der Waals surface area contributed by atoms with Crippen LogP contribution in [0.3, 0.4) is 0 Å². The maximum absolute atomic E-state index is 12.8. The van der Waals surface area contributed by atoms with Gasteiger partial charge in [0.05, 0.1) is 0 Å². The van der Waals surface area contributed by atoms with Crippen molar-refractivity contribution < 1.29 is 28.6 Å². The van der Waals surface area contributed by atoms with E-state index >= 15 is 0 Å². The zero-order chi connectivity index (χ0) is 49.3. The number of hydrogen-bond donors (Lipinski definition) is 0. The molecule has 0 radical (unpaired) electrons. The highest BCUT2D eigenvalue weighted by Crippen LogP contribution is 2.16. The van der Waals surface area contributed by atoms with Crippen molar-refractivity contribution in [2.24, 2.45) is 0 Å². The minimum atomic E-state index is -0.793. The molecule has 0 aliphatic heterocycles. The minimum absolute atomic E-state index is 0.0901. The average Bonchev–Trinajstić information content (AvgIpc) is 3.34. The first-order valence-corrected chi connectivity index (χ1v) is 28.9. The Morgan fingerprint density at radius 3 is 0.926 bits per heavy atom. The first-order chi connectivity index (χ1) is 33.5. The molecule has 0 saturated carbocycles. The number of unbranched alkanes of at least 4 members (excludes halogenated alkanes) is 29. The Kier molecular flexibility index (Phi) is 53.8. The van der Waals surface area contributed by atoms with E-state index < -0.39 is 6.10 Å². The van der Waals surface area contributed by atoms with E-state index in [1.807, 2.05) is 0 Å². The molecule has 0 bridgehead atoms. The van der Waals surface area contributed by atoms with Crippen LogP contribution >= 0.6 is 0 Å². The van der Waals surface area contributed by atoms with Crippen molar-refractivity contribution in [3.8, 4) is 0 Å². The highest BCUT2D eigenvalue weighted by atomic mass is 16.6. The van der Waals surface area contributed by atoms with Crippen molar-refractivity contribution in [1.29, 1.82) is 0 Å². The number of rotatable bonds is 52. The van der Waals surface area contributed by atoms with Crippen LogP contribution in [0, 0.1) is 0 Å². The van der Waals surface area contributed by atoms with Crippen molar-refractivity contribution in [2.75, 3.05) is 13.2 Å². The molecule has 0 aliphatic rings. The van der Waals surface area contributed by atoms with Crippen molar-refractivity contribution in [2.45, 2.75) is 290 Å². The molecule has 1 atom stereocenters. The minimum Gasteiger partial charge on any atom is -0.462 e. The summed E-state index contributed by atoms with van der Waals surface area (Å²) in [7, 11) is 0. The van der Waals surface area contributed by atoms with Crippen LogP contribution in [0.15, 0.2) is 72.9 Å². The zero-order valence-corrected chi connectivity index (χ0v) is 44.9. The summed E-state index contributed by atoms with van der Waals surface area (Å²) in [5.41, 5.74) is 0. The molecule has 0 saturated heterocycles. The number of allylic oxidation sites excluding steroid dienone is 12. The summed E-state index contributed by atoms with van der Waals surface area (Å²) in [6, 6.07) is 0. The predicted octanol–water partition coefficient (Wildman–Crippen LogP) is 19.4. The number of carbonyl (C=O) groups excluding carboxylic acids is 3. The SMILES string of the molecule is CC/C=C\C/C=C\C/C=C\C/C=C\CCCCC(=O)OC(COC(=O)CCCCCCCCCC)COC(=O)CCCCCCCCCCCCCCCCC/C=C\C/C=C\CCCCCCC. The second-order valence-electron chi connectivity index (χ2n) is 19.2. The highest BCUT2D eigenvalue weighted by Gasteiger charge is 2.19. The molecule has 0 rings (SSSR count). The number of hydrogen-bond acceptors (Lipinski definition) is 6. The van der Waals surface area contributed by atoms with E-state index in [0.29, 0.717) is 19.3 Å². The fraction of sp³-hybridized carbons (Fsp3) is 0.758. The second kappa shape index (κ2) is 56.4. The van der Waals surface area contributed by atoms with E-state index in [2.05, 4.69) is 93.7 Å². The van der Waals surface area contributed by atoms with Gasteiger partial charge in [-0.05, 0) is 89.9 Å². The third kappa shape index (κ3) is 53.8. The monoisotopic (exact) mass is 949 g/mol. The quantitative estimate of drug-likeness (QED) is 0.0262. The lowest BCUT2D eigenvalue weighted by molar-refractivity contribution is -0.167. The van der Waals surface area contributed by atoms with Gasteiger partial charge in [0.1, 0.15) is 13.2 Å².